The summed E-state index contributed by atoms with van der Waals surface area (Å²) in [7, 11) is 2.15. The molecule has 0 amide bonds. The van der Waals surface area contributed by atoms with Gasteiger partial charge in [-0.2, -0.15) is 0 Å². The number of rotatable bonds is 5. The maximum Gasteiger partial charge on any atom is 0.0252 e. The number of nitrogens with zero attached hydrogens (tertiary/aromatic N) is 1. The van der Waals surface area contributed by atoms with Crippen molar-refractivity contribution in [2.45, 2.75) is 76.4 Å². The molecule has 0 aromatic carbocycles. The molecule has 16 heavy (non-hydrogen) atoms. The van der Waals surface area contributed by atoms with E-state index in [1.54, 1.807) is 0 Å². The Morgan fingerprint density at radius 2 is 1.81 bits per heavy atom. The maximum absolute atomic E-state index is 3.57. The predicted molar refractivity (Wildman–Crippen MR) is 69.7 cm³/mol. The molecule has 0 bridgehead atoms. The first-order chi connectivity index (χ1) is 7.86. The minimum absolute atomic E-state index is 0.745. The molecule has 0 radical (unpaired) electrons. The summed E-state index contributed by atoms with van der Waals surface area (Å²) in [4.78, 5) is 2.83. The molecule has 2 rings (SSSR count). The van der Waals surface area contributed by atoms with Crippen molar-refractivity contribution in [3.8, 4) is 0 Å². The van der Waals surface area contributed by atoms with Crippen molar-refractivity contribution in [3.05, 3.63) is 0 Å². The zero-order chi connectivity index (χ0) is 11.4. The smallest absolute Gasteiger partial charge is 0.0252 e. The third-order valence-electron chi connectivity index (χ3n) is 4.27. The van der Waals surface area contributed by atoms with Gasteiger partial charge in [-0.15, -0.1) is 0 Å². The van der Waals surface area contributed by atoms with Gasteiger partial charge in [-0.1, -0.05) is 26.2 Å². The van der Waals surface area contributed by atoms with Crippen molar-refractivity contribution >= 4 is 0 Å². The lowest BCUT2D eigenvalue weighted by Gasteiger charge is -2.36. The van der Waals surface area contributed by atoms with Crippen molar-refractivity contribution < 1.29 is 0 Å². The number of hydrogen-bond donors (Lipinski definition) is 1. The van der Waals surface area contributed by atoms with Gasteiger partial charge in [-0.05, 0) is 45.7 Å². The summed E-state index contributed by atoms with van der Waals surface area (Å²) < 4.78 is 0. The monoisotopic (exact) mass is 224 g/mol. The van der Waals surface area contributed by atoms with Crippen LogP contribution in [0.25, 0.3) is 0 Å². The molecule has 0 aromatic rings. The molecule has 2 aliphatic carbocycles. The van der Waals surface area contributed by atoms with Gasteiger partial charge in [0, 0.05) is 18.1 Å². The van der Waals surface area contributed by atoms with Gasteiger partial charge in [0.2, 0.25) is 0 Å². The summed E-state index contributed by atoms with van der Waals surface area (Å²) in [5, 5.41) is 3.57. The lowest BCUT2D eigenvalue weighted by Crippen LogP contribution is -2.49. The van der Waals surface area contributed by atoms with Gasteiger partial charge in [-0.25, -0.2) is 0 Å². The average Bonchev–Trinajstić information content (AvgIpc) is 3.12. The first-order valence-corrected chi connectivity index (χ1v) is 7.29. The molecule has 2 nitrogen and oxygen atoms in total. The topological polar surface area (TPSA) is 15.3 Å². The molecule has 2 heteroatoms. The van der Waals surface area contributed by atoms with E-state index < -0.39 is 0 Å². The summed E-state index contributed by atoms with van der Waals surface area (Å²) >= 11 is 0. The highest BCUT2D eigenvalue weighted by Crippen LogP contribution is 2.33. The lowest BCUT2D eigenvalue weighted by molar-refractivity contribution is 0.142. The quantitative estimate of drug-likeness (QED) is 0.722. The molecule has 2 unspecified atom stereocenters. The SMILES string of the molecule is CCCN(C1CC1)C1CCCCCC1NC. The lowest BCUT2D eigenvalue weighted by atomic mass is 10.0. The van der Waals surface area contributed by atoms with Crippen molar-refractivity contribution in [1.82, 2.24) is 10.2 Å². The fraction of sp³-hybridized carbons (Fsp3) is 1.00. The summed E-state index contributed by atoms with van der Waals surface area (Å²) in [6, 6.07) is 2.49. The molecule has 0 heterocycles. The minimum atomic E-state index is 0.745. The van der Waals surface area contributed by atoms with Gasteiger partial charge in [0.05, 0.1) is 0 Å². The van der Waals surface area contributed by atoms with E-state index >= 15 is 0 Å². The average molecular weight is 224 g/mol. The van der Waals surface area contributed by atoms with E-state index in [-0.39, 0.29) is 0 Å². The fourth-order valence-corrected chi connectivity index (χ4v) is 3.31. The Labute approximate surface area is 101 Å². The molecule has 1 N–H and O–H groups in total. The van der Waals surface area contributed by atoms with Crippen molar-refractivity contribution in [3.63, 3.8) is 0 Å². The molecule has 0 aliphatic heterocycles. The zero-order valence-corrected chi connectivity index (χ0v) is 11.0. The van der Waals surface area contributed by atoms with E-state index in [9.17, 15) is 0 Å². The number of likely N-dealkylation sites (N-methyl/N-ethyl adjacent to an activating group) is 1. The van der Waals surface area contributed by atoms with E-state index in [1.165, 1.54) is 57.9 Å². The van der Waals surface area contributed by atoms with Crippen LogP contribution in [0.5, 0.6) is 0 Å². The Morgan fingerprint density at radius 3 is 2.44 bits per heavy atom. The summed E-state index contributed by atoms with van der Waals surface area (Å²) in [5.74, 6) is 0. The van der Waals surface area contributed by atoms with E-state index in [2.05, 4.69) is 24.2 Å². The Bertz CT molecular complexity index is 201. The van der Waals surface area contributed by atoms with Gasteiger partial charge in [-0.3, -0.25) is 4.90 Å². The van der Waals surface area contributed by atoms with Crippen LogP contribution in [0.2, 0.25) is 0 Å². The highest BCUT2D eigenvalue weighted by molar-refractivity contribution is 4.94. The second kappa shape index (κ2) is 6.02. The maximum atomic E-state index is 3.57. The summed E-state index contributed by atoms with van der Waals surface area (Å²) in [6.45, 7) is 3.63. The predicted octanol–water partition coefficient (Wildman–Crippen LogP) is 2.78. The molecular formula is C14H28N2. The standard InChI is InChI=1S/C14H28N2/c1-3-11-16(12-9-10-12)14-8-6-4-5-7-13(14)15-2/h12-15H,3-11H2,1-2H3. The summed E-state index contributed by atoms with van der Waals surface area (Å²) in [5.41, 5.74) is 0. The van der Waals surface area contributed by atoms with Gasteiger partial charge in [0.15, 0.2) is 0 Å². The third-order valence-corrected chi connectivity index (χ3v) is 4.27. The zero-order valence-electron chi connectivity index (χ0n) is 11.0. The van der Waals surface area contributed by atoms with Crippen LogP contribution in [0.4, 0.5) is 0 Å². The molecule has 2 fully saturated rings. The molecule has 0 aromatic heterocycles. The number of nitrogens with one attached hydrogen (secondary N) is 1. The van der Waals surface area contributed by atoms with Crippen LogP contribution >= 0.6 is 0 Å². The molecule has 2 atom stereocenters. The highest BCUT2D eigenvalue weighted by atomic mass is 15.2. The molecule has 2 aliphatic rings. The van der Waals surface area contributed by atoms with Crippen molar-refractivity contribution in [2.24, 2.45) is 0 Å². The Hall–Kier alpha value is -0.0800. The van der Waals surface area contributed by atoms with Crippen LogP contribution in [-0.4, -0.2) is 36.6 Å². The Morgan fingerprint density at radius 1 is 1.06 bits per heavy atom. The van der Waals surface area contributed by atoms with E-state index in [0.29, 0.717) is 0 Å². The van der Waals surface area contributed by atoms with Gasteiger partial charge in [0.1, 0.15) is 0 Å². The molecule has 0 saturated heterocycles. The van der Waals surface area contributed by atoms with Crippen LogP contribution in [0.3, 0.4) is 0 Å². The van der Waals surface area contributed by atoms with Gasteiger partial charge < -0.3 is 5.32 Å². The first kappa shape index (κ1) is 12.4. The van der Waals surface area contributed by atoms with Crippen LogP contribution in [0.1, 0.15) is 58.3 Å². The van der Waals surface area contributed by atoms with E-state index in [1.807, 2.05) is 0 Å². The molecule has 2 saturated carbocycles. The van der Waals surface area contributed by atoms with Gasteiger partial charge in [0.25, 0.3) is 0 Å². The number of hydrogen-bond acceptors (Lipinski definition) is 2. The second-order valence-corrected chi connectivity index (χ2v) is 5.57. The largest absolute Gasteiger partial charge is 0.315 e. The van der Waals surface area contributed by atoms with Crippen LogP contribution in [0.15, 0.2) is 0 Å². The van der Waals surface area contributed by atoms with Gasteiger partial charge >= 0.3 is 0 Å². The van der Waals surface area contributed by atoms with Crippen LogP contribution in [0, 0.1) is 0 Å². The second-order valence-electron chi connectivity index (χ2n) is 5.57. The van der Waals surface area contributed by atoms with Crippen LogP contribution in [-0.2, 0) is 0 Å². The van der Waals surface area contributed by atoms with Crippen LogP contribution < -0.4 is 5.32 Å². The van der Waals surface area contributed by atoms with E-state index in [4.69, 9.17) is 0 Å². The van der Waals surface area contributed by atoms with Crippen molar-refractivity contribution in [2.75, 3.05) is 13.6 Å². The molecule has 94 valence electrons. The highest BCUT2D eigenvalue weighted by Gasteiger charge is 2.36. The third kappa shape index (κ3) is 2.98. The first-order valence-electron chi connectivity index (χ1n) is 7.29. The molecular weight excluding hydrogens is 196 g/mol. The molecule has 0 spiro atoms. The normalized spacial score (nSPS) is 31.7. The Balaban J connectivity index is 2.00. The summed E-state index contributed by atoms with van der Waals surface area (Å²) in [6.07, 6.45) is 11.3. The van der Waals surface area contributed by atoms with Crippen molar-refractivity contribution in [1.29, 1.82) is 0 Å². The Kier molecular flexibility index (Phi) is 4.66. The van der Waals surface area contributed by atoms with E-state index in [0.717, 1.165) is 18.1 Å². The minimum Gasteiger partial charge on any atom is -0.315 e. The fourth-order valence-electron chi connectivity index (χ4n) is 3.31.